The zero-order valence-electron chi connectivity index (χ0n) is 16.7. The highest BCUT2D eigenvalue weighted by atomic mass is 32.2. The zero-order valence-corrected chi connectivity index (χ0v) is 17.5. The molecule has 0 saturated carbocycles. The lowest BCUT2D eigenvalue weighted by Gasteiger charge is -2.09. The van der Waals surface area contributed by atoms with Crippen LogP contribution in [0, 0.1) is 6.92 Å². The van der Waals surface area contributed by atoms with Crippen LogP contribution in [-0.4, -0.2) is 19.9 Å². The number of Topliss-reactive ketones (excluding diaryl/α,β-unsaturated/α-hetero) is 1. The Balaban J connectivity index is 1.78. The molecular weight excluding hydrogens is 410 g/mol. The maximum atomic E-state index is 13.5. The summed E-state index contributed by atoms with van der Waals surface area (Å²) in [6.45, 7) is 1.85. The van der Waals surface area contributed by atoms with Crippen LogP contribution in [0.4, 0.5) is 0 Å². The summed E-state index contributed by atoms with van der Waals surface area (Å²) in [7, 11) is -4.18. The Morgan fingerprint density at radius 2 is 1.42 bits per heavy atom. The lowest BCUT2D eigenvalue weighted by Crippen LogP contribution is -2.18. The molecule has 0 saturated heterocycles. The molecule has 0 spiro atoms. The predicted molar refractivity (Wildman–Crippen MR) is 121 cm³/mol. The minimum absolute atomic E-state index is 0.0353. The number of benzene rings is 4. The molecule has 6 heteroatoms. The number of nitrogens with zero attached hydrogens (tertiary/aromatic N) is 1. The van der Waals surface area contributed by atoms with Gasteiger partial charge in [0.1, 0.15) is 4.90 Å². The van der Waals surface area contributed by atoms with Gasteiger partial charge in [0.05, 0.1) is 0 Å². The largest absolute Gasteiger partial charge is 0.358 e. The van der Waals surface area contributed by atoms with Gasteiger partial charge in [0, 0.05) is 11.1 Å². The van der Waals surface area contributed by atoms with Crippen LogP contribution in [0.2, 0.25) is 0 Å². The Morgan fingerprint density at radius 1 is 0.774 bits per heavy atom. The molecule has 0 fully saturated rings. The molecule has 0 N–H and O–H groups in total. The van der Waals surface area contributed by atoms with E-state index in [4.69, 9.17) is 4.28 Å². The van der Waals surface area contributed by atoms with Crippen molar-refractivity contribution in [3.63, 3.8) is 0 Å². The number of fused-ring (bicyclic) bond motifs is 1. The van der Waals surface area contributed by atoms with Crippen molar-refractivity contribution in [2.24, 2.45) is 5.16 Å². The van der Waals surface area contributed by atoms with Crippen molar-refractivity contribution in [1.82, 2.24) is 0 Å². The number of aryl methyl sites for hydroxylation is 1. The molecule has 0 heterocycles. The van der Waals surface area contributed by atoms with Crippen molar-refractivity contribution >= 4 is 32.4 Å². The van der Waals surface area contributed by atoms with Gasteiger partial charge >= 0.3 is 10.1 Å². The highest BCUT2D eigenvalue weighted by Gasteiger charge is 2.22. The number of ketones is 1. The van der Waals surface area contributed by atoms with Crippen molar-refractivity contribution in [2.75, 3.05) is 0 Å². The third-order valence-corrected chi connectivity index (χ3v) is 5.95. The second-order valence-corrected chi connectivity index (χ2v) is 8.53. The summed E-state index contributed by atoms with van der Waals surface area (Å²) in [5.41, 5.74) is 1.70. The Hall–Kier alpha value is -3.77. The first-order valence-electron chi connectivity index (χ1n) is 9.62. The number of hydrogen-bond acceptors (Lipinski definition) is 5. The Labute approximate surface area is 180 Å². The topological polar surface area (TPSA) is 72.8 Å². The van der Waals surface area contributed by atoms with E-state index in [0.29, 0.717) is 11.1 Å². The van der Waals surface area contributed by atoms with E-state index in [2.05, 4.69) is 5.16 Å². The number of carbonyl (C=O) groups excluding carboxylic acids is 1. The van der Waals surface area contributed by atoms with Gasteiger partial charge in [0.15, 0.2) is 5.71 Å². The molecule has 31 heavy (non-hydrogen) atoms. The fourth-order valence-corrected chi connectivity index (χ4v) is 3.93. The molecule has 0 unspecified atom stereocenters. The lowest BCUT2D eigenvalue weighted by molar-refractivity contribution is 0.106. The third kappa shape index (κ3) is 4.39. The van der Waals surface area contributed by atoms with Crippen molar-refractivity contribution in [3.8, 4) is 0 Å². The minimum Gasteiger partial charge on any atom is -0.287 e. The van der Waals surface area contributed by atoms with Gasteiger partial charge in [-0.25, -0.2) is 0 Å². The van der Waals surface area contributed by atoms with Crippen LogP contribution in [0.1, 0.15) is 21.5 Å². The van der Waals surface area contributed by atoms with Crippen LogP contribution in [-0.2, 0) is 14.4 Å². The average molecular weight is 429 g/mol. The van der Waals surface area contributed by atoms with Crippen LogP contribution < -0.4 is 0 Å². The molecule has 0 aliphatic carbocycles. The zero-order chi connectivity index (χ0) is 21.8. The molecule has 0 radical (unpaired) electrons. The molecule has 4 aromatic carbocycles. The first-order valence-corrected chi connectivity index (χ1v) is 11.0. The number of hydrogen-bond donors (Lipinski definition) is 0. The van der Waals surface area contributed by atoms with E-state index in [1.165, 1.54) is 12.1 Å². The van der Waals surface area contributed by atoms with Crippen molar-refractivity contribution in [1.29, 1.82) is 0 Å². The van der Waals surface area contributed by atoms with Crippen LogP contribution in [0.3, 0.4) is 0 Å². The van der Waals surface area contributed by atoms with E-state index in [1.807, 2.05) is 37.3 Å². The highest BCUT2D eigenvalue weighted by Crippen LogP contribution is 2.21. The van der Waals surface area contributed by atoms with Crippen LogP contribution in [0.5, 0.6) is 0 Å². The Bertz CT molecular complexity index is 1370. The smallest absolute Gasteiger partial charge is 0.287 e. The average Bonchev–Trinajstić information content (AvgIpc) is 2.79. The molecule has 0 aliphatic rings. The number of oxime groups is 1. The molecular formula is C25H19NO4S. The maximum Gasteiger partial charge on any atom is 0.358 e. The molecule has 154 valence electrons. The van der Waals surface area contributed by atoms with Gasteiger partial charge in [-0.1, -0.05) is 95.6 Å². The third-order valence-electron chi connectivity index (χ3n) is 4.83. The standard InChI is InChI=1S/C25H19NO4S/c1-18-14-16-21(17-15-18)31(28,29)30-26-24(20-9-3-2-4-10-20)25(27)23-13-7-11-19-8-5-6-12-22(19)23/h2-17H,1H3/b26-24+. The summed E-state index contributed by atoms with van der Waals surface area (Å²) in [4.78, 5) is 13.4. The summed E-state index contributed by atoms with van der Waals surface area (Å²) < 4.78 is 30.2. The van der Waals surface area contributed by atoms with Crippen molar-refractivity contribution in [2.45, 2.75) is 11.8 Å². The van der Waals surface area contributed by atoms with Gasteiger partial charge in [0.2, 0.25) is 5.78 Å². The summed E-state index contributed by atoms with van der Waals surface area (Å²) in [6.07, 6.45) is 0. The van der Waals surface area contributed by atoms with E-state index in [1.54, 1.807) is 54.6 Å². The maximum absolute atomic E-state index is 13.5. The van der Waals surface area contributed by atoms with Gasteiger partial charge < -0.3 is 0 Å². The summed E-state index contributed by atoms with van der Waals surface area (Å²) in [5.74, 6) is -0.429. The van der Waals surface area contributed by atoms with E-state index in [0.717, 1.165) is 16.3 Å². The van der Waals surface area contributed by atoms with Gasteiger partial charge in [-0.3, -0.25) is 9.08 Å². The Kier molecular flexibility index (Phi) is 5.64. The number of carbonyl (C=O) groups is 1. The molecule has 0 bridgehead atoms. The lowest BCUT2D eigenvalue weighted by atomic mass is 9.96. The number of rotatable bonds is 6. The fraction of sp³-hybridized carbons (Fsp3) is 0.0400. The quantitative estimate of drug-likeness (QED) is 0.242. The van der Waals surface area contributed by atoms with Crippen LogP contribution in [0.15, 0.2) is 107 Å². The summed E-state index contributed by atoms with van der Waals surface area (Å²) in [5, 5.41) is 5.47. The summed E-state index contributed by atoms with van der Waals surface area (Å²) in [6, 6.07) is 27.7. The molecule has 0 aliphatic heterocycles. The van der Waals surface area contributed by atoms with E-state index < -0.39 is 15.9 Å². The highest BCUT2D eigenvalue weighted by molar-refractivity contribution is 7.86. The second-order valence-electron chi connectivity index (χ2n) is 7.00. The molecule has 0 amide bonds. The second kappa shape index (κ2) is 8.53. The minimum atomic E-state index is -4.18. The van der Waals surface area contributed by atoms with Gasteiger partial charge in [-0.2, -0.15) is 8.42 Å². The predicted octanol–water partition coefficient (Wildman–Crippen LogP) is 5.14. The van der Waals surface area contributed by atoms with Crippen LogP contribution in [0.25, 0.3) is 10.8 Å². The van der Waals surface area contributed by atoms with Gasteiger partial charge in [0.25, 0.3) is 0 Å². The van der Waals surface area contributed by atoms with Gasteiger partial charge in [-0.15, -0.1) is 0 Å². The van der Waals surface area contributed by atoms with Crippen molar-refractivity contribution < 1.29 is 17.5 Å². The fourth-order valence-electron chi connectivity index (χ4n) is 3.21. The molecule has 0 aromatic heterocycles. The van der Waals surface area contributed by atoms with E-state index in [-0.39, 0.29) is 10.6 Å². The molecule has 4 rings (SSSR count). The summed E-state index contributed by atoms with van der Waals surface area (Å²) >= 11 is 0. The van der Waals surface area contributed by atoms with E-state index >= 15 is 0 Å². The van der Waals surface area contributed by atoms with Gasteiger partial charge in [-0.05, 0) is 29.8 Å². The first-order chi connectivity index (χ1) is 15.0. The van der Waals surface area contributed by atoms with E-state index in [9.17, 15) is 13.2 Å². The monoisotopic (exact) mass is 429 g/mol. The first kappa shape index (κ1) is 20.5. The molecule has 4 aromatic rings. The molecule has 0 atom stereocenters. The van der Waals surface area contributed by atoms with Crippen molar-refractivity contribution in [3.05, 3.63) is 114 Å². The Morgan fingerprint density at radius 3 is 2.16 bits per heavy atom. The normalized spacial score (nSPS) is 12.0. The SMILES string of the molecule is Cc1ccc(S(=O)(=O)O/N=C(/C(=O)c2cccc3ccccc23)c2ccccc2)cc1. The van der Waals surface area contributed by atoms with Crippen LogP contribution >= 0.6 is 0 Å². The molecule has 5 nitrogen and oxygen atoms in total.